The van der Waals surface area contributed by atoms with Gasteiger partial charge >= 0.3 is 6.03 Å². The van der Waals surface area contributed by atoms with Crippen LogP contribution in [0.5, 0.6) is 0 Å². The van der Waals surface area contributed by atoms with E-state index >= 15 is 0 Å². The Labute approximate surface area is 90.7 Å². The van der Waals surface area contributed by atoms with E-state index in [9.17, 15) is 9.59 Å². The first-order valence-electron chi connectivity index (χ1n) is 4.13. The second kappa shape index (κ2) is 5.30. The van der Waals surface area contributed by atoms with E-state index in [2.05, 4.69) is 9.97 Å². The second-order valence-corrected chi connectivity index (χ2v) is 3.95. The molecule has 7 heteroatoms. The first-order valence-corrected chi connectivity index (χ1v) is 5.01. The normalized spacial score (nSPS) is 11.8. The van der Waals surface area contributed by atoms with Crippen LogP contribution >= 0.6 is 11.8 Å². The highest BCUT2D eigenvalue weighted by molar-refractivity contribution is 8.00. The molecule has 0 bridgehead atoms. The number of urea groups is 1. The Morgan fingerprint density at radius 1 is 1.47 bits per heavy atom. The average molecular weight is 226 g/mol. The molecule has 1 atom stereocenters. The largest absolute Gasteiger partial charge is 0.351 e. The Kier molecular flexibility index (Phi) is 4.04. The predicted molar refractivity (Wildman–Crippen MR) is 55.1 cm³/mol. The van der Waals surface area contributed by atoms with E-state index in [0.29, 0.717) is 5.16 Å². The zero-order valence-corrected chi connectivity index (χ0v) is 8.82. The minimum absolute atomic E-state index is 0.458. The van der Waals surface area contributed by atoms with Gasteiger partial charge in [0.15, 0.2) is 5.16 Å². The summed E-state index contributed by atoms with van der Waals surface area (Å²) < 4.78 is 0. The lowest BCUT2D eigenvalue weighted by Crippen LogP contribution is -2.39. The van der Waals surface area contributed by atoms with Crippen molar-refractivity contribution in [2.24, 2.45) is 5.73 Å². The van der Waals surface area contributed by atoms with Crippen molar-refractivity contribution in [1.29, 1.82) is 0 Å². The Morgan fingerprint density at radius 2 is 2.07 bits per heavy atom. The van der Waals surface area contributed by atoms with Gasteiger partial charge < -0.3 is 5.73 Å². The number of primary amides is 1. The lowest BCUT2D eigenvalue weighted by atomic mass is 10.4. The van der Waals surface area contributed by atoms with Crippen LogP contribution in [0.4, 0.5) is 4.79 Å². The van der Waals surface area contributed by atoms with Crippen LogP contribution < -0.4 is 11.1 Å². The smallest absolute Gasteiger partial charge is 0.318 e. The summed E-state index contributed by atoms with van der Waals surface area (Å²) in [4.78, 5) is 29.6. The fourth-order valence-electron chi connectivity index (χ4n) is 0.781. The number of amides is 3. The summed E-state index contributed by atoms with van der Waals surface area (Å²) in [6.07, 6.45) is 3.15. The van der Waals surface area contributed by atoms with Crippen LogP contribution in [0, 0.1) is 0 Å². The zero-order chi connectivity index (χ0) is 11.3. The van der Waals surface area contributed by atoms with E-state index in [1.165, 1.54) is 0 Å². The van der Waals surface area contributed by atoms with Crippen molar-refractivity contribution in [2.45, 2.75) is 17.3 Å². The molecule has 0 aromatic carbocycles. The topological polar surface area (TPSA) is 98.0 Å². The molecule has 0 spiro atoms. The fourth-order valence-corrected chi connectivity index (χ4v) is 1.51. The van der Waals surface area contributed by atoms with Crippen molar-refractivity contribution in [1.82, 2.24) is 15.3 Å². The van der Waals surface area contributed by atoms with Gasteiger partial charge in [-0.2, -0.15) is 0 Å². The molecule has 80 valence electrons. The van der Waals surface area contributed by atoms with Crippen LogP contribution in [0.3, 0.4) is 0 Å². The molecule has 0 aliphatic carbocycles. The minimum Gasteiger partial charge on any atom is -0.351 e. The molecule has 1 heterocycles. The van der Waals surface area contributed by atoms with Crippen molar-refractivity contribution in [3.8, 4) is 0 Å². The highest BCUT2D eigenvalue weighted by atomic mass is 32.2. The highest BCUT2D eigenvalue weighted by Gasteiger charge is 2.16. The maximum atomic E-state index is 11.3. The highest BCUT2D eigenvalue weighted by Crippen LogP contribution is 2.17. The summed E-state index contributed by atoms with van der Waals surface area (Å²) in [6, 6.07) is 0.819. The minimum atomic E-state index is -0.860. The molecule has 1 aromatic heterocycles. The molecule has 3 N–H and O–H groups in total. The maximum absolute atomic E-state index is 11.3. The van der Waals surface area contributed by atoms with Crippen LogP contribution in [0.2, 0.25) is 0 Å². The van der Waals surface area contributed by atoms with Gasteiger partial charge in [0.1, 0.15) is 0 Å². The van der Waals surface area contributed by atoms with Crippen molar-refractivity contribution in [3.63, 3.8) is 0 Å². The molecule has 0 unspecified atom stereocenters. The molecule has 6 nitrogen and oxygen atoms in total. The van der Waals surface area contributed by atoms with E-state index in [4.69, 9.17) is 5.73 Å². The molecule has 0 aliphatic rings. The van der Waals surface area contributed by atoms with E-state index in [1.54, 1.807) is 25.4 Å². The molecule has 15 heavy (non-hydrogen) atoms. The van der Waals surface area contributed by atoms with E-state index < -0.39 is 17.2 Å². The quantitative estimate of drug-likeness (QED) is 0.564. The average Bonchev–Trinajstić information content (AvgIpc) is 2.18. The van der Waals surface area contributed by atoms with Crippen LogP contribution in [0.1, 0.15) is 6.92 Å². The molecule has 0 radical (unpaired) electrons. The SMILES string of the molecule is C[C@H](Sc1ncccn1)C(=O)NC(N)=O. The number of carbonyl (C=O) groups excluding carboxylic acids is 2. The zero-order valence-electron chi connectivity index (χ0n) is 8.01. The third kappa shape index (κ3) is 3.94. The molecular weight excluding hydrogens is 216 g/mol. The Balaban J connectivity index is 2.52. The van der Waals surface area contributed by atoms with Gasteiger partial charge in [0, 0.05) is 12.4 Å². The molecule has 0 saturated carbocycles. The number of nitrogens with two attached hydrogens (primary N) is 1. The van der Waals surface area contributed by atoms with Crippen molar-refractivity contribution < 1.29 is 9.59 Å². The van der Waals surface area contributed by atoms with Crippen molar-refractivity contribution >= 4 is 23.7 Å². The second-order valence-electron chi connectivity index (χ2n) is 2.64. The number of rotatable bonds is 3. The standard InChI is InChI=1S/C8H10N4O2S/c1-5(6(13)12-7(9)14)15-8-10-3-2-4-11-8/h2-5H,1H3,(H3,9,12,13,14)/t5-/m0/s1. The van der Waals surface area contributed by atoms with Gasteiger partial charge in [-0.15, -0.1) is 0 Å². The van der Waals surface area contributed by atoms with E-state index in [0.717, 1.165) is 11.8 Å². The molecule has 0 fully saturated rings. The lowest BCUT2D eigenvalue weighted by molar-refractivity contribution is -0.119. The summed E-state index contributed by atoms with van der Waals surface area (Å²) in [5.74, 6) is -0.458. The summed E-state index contributed by atoms with van der Waals surface area (Å²) in [5.41, 5.74) is 4.81. The monoisotopic (exact) mass is 226 g/mol. The van der Waals surface area contributed by atoms with Gasteiger partial charge in [-0.3, -0.25) is 10.1 Å². The Morgan fingerprint density at radius 3 is 2.60 bits per heavy atom. The maximum Gasteiger partial charge on any atom is 0.318 e. The number of thioether (sulfide) groups is 1. The van der Waals surface area contributed by atoms with Gasteiger partial charge in [0.05, 0.1) is 5.25 Å². The number of hydrogen-bond donors (Lipinski definition) is 2. The first kappa shape index (κ1) is 11.4. The van der Waals surface area contributed by atoms with Gasteiger partial charge in [-0.25, -0.2) is 14.8 Å². The summed E-state index contributed by atoms with van der Waals surface area (Å²) in [6.45, 7) is 1.64. The number of imide groups is 1. The molecular formula is C8H10N4O2S. The number of hydrogen-bond acceptors (Lipinski definition) is 5. The molecule has 1 rings (SSSR count). The van der Waals surface area contributed by atoms with Crippen molar-refractivity contribution in [3.05, 3.63) is 18.5 Å². The third-order valence-corrected chi connectivity index (χ3v) is 2.43. The summed E-state index contributed by atoms with van der Waals surface area (Å²) >= 11 is 1.15. The third-order valence-electron chi connectivity index (χ3n) is 1.44. The predicted octanol–water partition coefficient (Wildman–Crippen LogP) is 0.152. The number of nitrogens with zero attached hydrogens (tertiary/aromatic N) is 2. The van der Waals surface area contributed by atoms with Gasteiger partial charge in [-0.1, -0.05) is 11.8 Å². The lowest BCUT2D eigenvalue weighted by Gasteiger charge is -2.07. The molecule has 0 aliphatic heterocycles. The molecule has 1 aromatic rings. The summed E-state index contributed by atoms with van der Waals surface area (Å²) in [5, 5.41) is 1.99. The number of aromatic nitrogens is 2. The van der Waals surface area contributed by atoms with Crippen molar-refractivity contribution in [2.75, 3.05) is 0 Å². The van der Waals surface area contributed by atoms with Crippen LogP contribution in [-0.4, -0.2) is 27.2 Å². The Hall–Kier alpha value is -1.63. The van der Waals surface area contributed by atoms with Crippen LogP contribution in [-0.2, 0) is 4.79 Å². The van der Waals surface area contributed by atoms with Crippen LogP contribution in [0.25, 0.3) is 0 Å². The number of nitrogens with one attached hydrogen (secondary N) is 1. The first-order chi connectivity index (χ1) is 7.09. The number of carbonyl (C=O) groups is 2. The Bertz CT molecular complexity index is 357. The van der Waals surface area contributed by atoms with Gasteiger partial charge in [0.2, 0.25) is 5.91 Å². The molecule has 0 saturated heterocycles. The van der Waals surface area contributed by atoms with E-state index in [-0.39, 0.29) is 0 Å². The van der Waals surface area contributed by atoms with Crippen LogP contribution in [0.15, 0.2) is 23.6 Å². The van der Waals surface area contributed by atoms with Gasteiger partial charge in [0.25, 0.3) is 0 Å². The van der Waals surface area contributed by atoms with Gasteiger partial charge in [-0.05, 0) is 13.0 Å². The summed E-state index contributed by atoms with van der Waals surface area (Å²) in [7, 11) is 0. The molecule has 3 amide bonds. The van der Waals surface area contributed by atoms with E-state index in [1.807, 2.05) is 5.32 Å². The fraction of sp³-hybridized carbons (Fsp3) is 0.250.